The fourth-order valence-electron chi connectivity index (χ4n) is 1.95. The highest BCUT2D eigenvalue weighted by atomic mass is 32.3. The molecular weight excluding hydrogens is 264 g/mol. The van der Waals surface area contributed by atoms with Crippen LogP contribution in [0.15, 0.2) is 40.8 Å². The first kappa shape index (κ1) is 13.6. The Morgan fingerprint density at radius 1 is 1.47 bits per heavy atom. The molecule has 2 N–H and O–H groups in total. The van der Waals surface area contributed by atoms with E-state index in [0.29, 0.717) is 17.6 Å². The van der Waals surface area contributed by atoms with Gasteiger partial charge in [-0.15, -0.1) is 0 Å². The van der Waals surface area contributed by atoms with E-state index in [4.69, 9.17) is 5.26 Å². The molecule has 0 unspecified atom stereocenters. The summed E-state index contributed by atoms with van der Waals surface area (Å²) in [5.41, 5.74) is 0.999. The van der Waals surface area contributed by atoms with E-state index < -0.39 is 16.7 Å². The standard InChI is InChI=1S/C13H14N2O3S/c1-2-10(7-8-14)9-15-13(16)11-5-3-4-6-12(11)19(15,17)18/h3-7,17-18H,2,9H2,1H3. The van der Waals surface area contributed by atoms with Crippen molar-refractivity contribution in [1.82, 2.24) is 4.31 Å². The van der Waals surface area contributed by atoms with Crippen molar-refractivity contribution >= 4 is 16.7 Å². The monoisotopic (exact) mass is 278 g/mol. The second-order valence-corrected chi connectivity index (χ2v) is 6.06. The highest BCUT2D eigenvalue weighted by Crippen LogP contribution is 2.58. The Kier molecular flexibility index (Phi) is 3.62. The molecule has 19 heavy (non-hydrogen) atoms. The normalized spacial score (nSPS) is 18.9. The summed E-state index contributed by atoms with van der Waals surface area (Å²) in [6, 6.07) is 8.37. The van der Waals surface area contributed by atoms with Crippen LogP contribution in [-0.2, 0) is 0 Å². The second kappa shape index (κ2) is 5.05. The third-order valence-corrected chi connectivity index (χ3v) is 4.87. The SMILES string of the molecule is CCC(=CC#N)CN1C(=O)c2ccccc2S1(O)O. The van der Waals surface area contributed by atoms with Crippen LogP contribution in [-0.4, -0.2) is 25.9 Å². The minimum atomic E-state index is -3.29. The number of amides is 1. The summed E-state index contributed by atoms with van der Waals surface area (Å²) in [5, 5.41) is 8.66. The predicted molar refractivity (Wildman–Crippen MR) is 72.6 cm³/mol. The molecule has 1 aliphatic heterocycles. The van der Waals surface area contributed by atoms with Crippen LogP contribution in [0.25, 0.3) is 0 Å². The van der Waals surface area contributed by atoms with Crippen LogP contribution in [0, 0.1) is 11.3 Å². The first-order chi connectivity index (χ1) is 9.02. The summed E-state index contributed by atoms with van der Waals surface area (Å²) in [7, 11) is -3.29. The van der Waals surface area contributed by atoms with Gasteiger partial charge in [-0.2, -0.15) is 5.26 Å². The van der Waals surface area contributed by atoms with E-state index in [1.807, 2.05) is 13.0 Å². The van der Waals surface area contributed by atoms with Gasteiger partial charge in [-0.3, -0.25) is 13.9 Å². The van der Waals surface area contributed by atoms with Gasteiger partial charge in [0.2, 0.25) is 0 Å². The maximum atomic E-state index is 12.2. The van der Waals surface area contributed by atoms with E-state index in [9.17, 15) is 13.9 Å². The summed E-state index contributed by atoms with van der Waals surface area (Å²) in [6.45, 7) is 1.91. The van der Waals surface area contributed by atoms with E-state index in [1.165, 1.54) is 6.08 Å². The van der Waals surface area contributed by atoms with Gasteiger partial charge in [-0.05, 0) is 24.1 Å². The lowest BCUT2D eigenvalue weighted by Crippen LogP contribution is -2.29. The van der Waals surface area contributed by atoms with Crippen molar-refractivity contribution < 1.29 is 13.9 Å². The fraction of sp³-hybridized carbons (Fsp3) is 0.231. The fourth-order valence-corrected chi connectivity index (χ4v) is 3.57. The van der Waals surface area contributed by atoms with Crippen LogP contribution >= 0.6 is 10.8 Å². The molecule has 0 fully saturated rings. The lowest BCUT2D eigenvalue weighted by atomic mass is 10.1. The zero-order valence-electron chi connectivity index (χ0n) is 10.4. The average Bonchev–Trinajstić information content (AvgIpc) is 2.60. The molecule has 0 saturated carbocycles. The minimum Gasteiger partial charge on any atom is -0.277 e. The Labute approximate surface area is 113 Å². The Balaban J connectivity index is 2.38. The third kappa shape index (κ3) is 2.24. The first-order valence-corrected chi connectivity index (χ1v) is 7.29. The van der Waals surface area contributed by atoms with Crippen LogP contribution < -0.4 is 0 Å². The van der Waals surface area contributed by atoms with Crippen molar-refractivity contribution in [3.63, 3.8) is 0 Å². The molecule has 0 saturated heterocycles. The Bertz CT molecular complexity index is 590. The molecule has 1 aromatic rings. The number of rotatable bonds is 3. The number of carbonyl (C=O) groups excluding carboxylic acids is 1. The van der Waals surface area contributed by atoms with Gasteiger partial charge in [0.15, 0.2) is 0 Å². The smallest absolute Gasteiger partial charge is 0.274 e. The first-order valence-electron chi connectivity index (χ1n) is 5.79. The maximum Gasteiger partial charge on any atom is 0.274 e. The van der Waals surface area contributed by atoms with Gasteiger partial charge in [0.25, 0.3) is 5.91 Å². The van der Waals surface area contributed by atoms with Crippen molar-refractivity contribution in [3.05, 3.63) is 41.5 Å². The third-order valence-electron chi connectivity index (χ3n) is 3.02. The molecule has 0 bridgehead atoms. The van der Waals surface area contributed by atoms with Gasteiger partial charge >= 0.3 is 0 Å². The van der Waals surface area contributed by atoms with Crippen LogP contribution in [0.2, 0.25) is 0 Å². The van der Waals surface area contributed by atoms with Crippen molar-refractivity contribution in [2.45, 2.75) is 18.2 Å². The molecule has 0 aliphatic carbocycles. The van der Waals surface area contributed by atoms with Crippen LogP contribution in [0.1, 0.15) is 23.7 Å². The minimum absolute atomic E-state index is 0.0555. The Hall–Kier alpha value is -1.81. The van der Waals surface area contributed by atoms with Gasteiger partial charge < -0.3 is 0 Å². The van der Waals surface area contributed by atoms with E-state index >= 15 is 0 Å². The molecule has 1 aromatic carbocycles. The van der Waals surface area contributed by atoms with Gasteiger partial charge in [-0.1, -0.05) is 29.8 Å². The van der Waals surface area contributed by atoms with Gasteiger partial charge in [0, 0.05) is 6.08 Å². The molecule has 0 aromatic heterocycles. The largest absolute Gasteiger partial charge is 0.277 e. The van der Waals surface area contributed by atoms with Crippen LogP contribution in [0.3, 0.4) is 0 Å². The number of allylic oxidation sites excluding steroid dienone is 1. The van der Waals surface area contributed by atoms with Crippen molar-refractivity contribution in [2.75, 3.05) is 6.54 Å². The second-order valence-electron chi connectivity index (χ2n) is 4.14. The highest BCUT2D eigenvalue weighted by molar-refractivity contribution is 8.23. The van der Waals surface area contributed by atoms with Crippen molar-refractivity contribution in [2.24, 2.45) is 0 Å². The van der Waals surface area contributed by atoms with Crippen molar-refractivity contribution in [1.29, 1.82) is 5.26 Å². The summed E-state index contributed by atoms with van der Waals surface area (Å²) in [4.78, 5) is 12.4. The molecule has 0 radical (unpaired) electrons. The molecular formula is C13H14N2O3S. The molecule has 5 nitrogen and oxygen atoms in total. The number of nitrogens with zero attached hydrogens (tertiary/aromatic N) is 2. The summed E-state index contributed by atoms with van der Waals surface area (Å²) < 4.78 is 21.5. The molecule has 6 heteroatoms. The Morgan fingerprint density at radius 2 is 2.16 bits per heavy atom. The topological polar surface area (TPSA) is 84.6 Å². The summed E-state index contributed by atoms with van der Waals surface area (Å²) in [5.74, 6) is -0.409. The van der Waals surface area contributed by atoms with E-state index in [0.717, 1.165) is 4.31 Å². The molecule has 0 spiro atoms. The van der Waals surface area contributed by atoms with Gasteiger partial charge in [-0.25, -0.2) is 4.31 Å². The van der Waals surface area contributed by atoms with E-state index in [2.05, 4.69) is 0 Å². The molecule has 1 heterocycles. The number of carbonyl (C=O) groups is 1. The van der Waals surface area contributed by atoms with Gasteiger partial charge in [0.1, 0.15) is 0 Å². The number of hydrogen-bond donors (Lipinski definition) is 2. The number of hydrogen-bond acceptors (Lipinski definition) is 4. The Morgan fingerprint density at radius 3 is 2.74 bits per heavy atom. The van der Waals surface area contributed by atoms with Crippen LogP contribution in [0.4, 0.5) is 0 Å². The number of nitriles is 1. The summed E-state index contributed by atoms with van der Waals surface area (Å²) in [6.07, 6.45) is 1.91. The van der Waals surface area contributed by atoms with Crippen molar-refractivity contribution in [3.8, 4) is 6.07 Å². The number of benzene rings is 1. The maximum absolute atomic E-state index is 12.2. The predicted octanol–water partition coefficient (Wildman–Crippen LogP) is 3.03. The van der Waals surface area contributed by atoms with E-state index in [1.54, 1.807) is 24.3 Å². The average molecular weight is 278 g/mol. The molecule has 100 valence electrons. The quantitative estimate of drug-likeness (QED) is 0.832. The molecule has 2 rings (SSSR count). The molecule has 0 atom stereocenters. The number of fused-ring (bicyclic) bond motifs is 1. The zero-order valence-corrected chi connectivity index (χ0v) is 11.2. The molecule has 1 amide bonds. The zero-order chi connectivity index (χ0) is 14.0. The van der Waals surface area contributed by atoms with Crippen LogP contribution in [0.5, 0.6) is 0 Å². The van der Waals surface area contributed by atoms with E-state index in [-0.39, 0.29) is 11.4 Å². The molecule has 1 aliphatic rings. The van der Waals surface area contributed by atoms with Gasteiger partial charge in [0.05, 0.1) is 23.1 Å². The highest BCUT2D eigenvalue weighted by Gasteiger charge is 2.41. The summed E-state index contributed by atoms with van der Waals surface area (Å²) >= 11 is 0. The lowest BCUT2D eigenvalue weighted by Gasteiger charge is -2.37. The lowest BCUT2D eigenvalue weighted by molar-refractivity contribution is 0.0870.